The van der Waals surface area contributed by atoms with E-state index >= 15 is 0 Å². The first-order valence-electron chi connectivity index (χ1n) is 6.08. The summed E-state index contributed by atoms with van der Waals surface area (Å²) in [5, 5.41) is 12.9. The molecule has 0 aromatic rings. The molecule has 114 valence electrons. The van der Waals surface area contributed by atoms with Gasteiger partial charge in [-0.15, -0.1) is 0 Å². The van der Waals surface area contributed by atoms with Crippen LogP contribution in [-0.4, -0.2) is 69.0 Å². The van der Waals surface area contributed by atoms with Crippen molar-refractivity contribution < 1.29 is 28.8 Å². The van der Waals surface area contributed by atoms with Gasteiger partial charge in [0.1, 0.15) is 18.8 Å². The van der Waals surface area contributed by atoms with E-state index in [1.54, 1.807) is 0 Å². The van der Waals surface area contributed by atoms with Gasteiger partial charge in [0, 0.05) is 26.1 Å². The third kappa shape index (κ3) is 3.81. The second-order valence-electron chi connectivity index (χ2n) is 4.29. The lowest BCUT2D eigenvalue weighted by molar-refractivity contribution is -0.215. The van der Waals surface area contributed by atoms with Crippen LogP contribution in [0.4, 0.5) is 0 Å². The average Bonchev–Trinajstić information content (AvgIpc) is 2.44. The van der Waals surface area contributed by atoms with Crippen LogP contribution in [0, 0.1) is 0 Å². The Morgan fingerprint density at radius 3 is 2.45 bits per heavy atom. The Bertz CT molecular complexity index is 373. The van der Waals surface area contributed by atoms with Crippen LogP contribution in [0.3, 0.4) is 0 Å². The Morgan fingerprint density at radius 1 is 1.35 bits per heavy atom. The van der Waals surface area contributed by atoms with Crippen molar-refractivity contribution in [3.05, 3.63) is 10.4 Å². The third-order valence-electron chi connectivity index (χ3n) is 3.12. The normalized spacial score (nSPS) is 33.3. The summed E-state index contributed by atoms with van der Waals surface area (Å²) in [5.74, 6) is -0.449. The molecule has 9 heteroatoms. The molecule has 0 aromatic carbocycles. The van der Waals surface area contributed by atoms with E-state index in [9.17, 15) is 9.90 Å². The van der Waals surface area contributed by atoms with E-state index in [2.05, 4.69) is 10.0 Å². The SMILES string of the molecule is COC1C(N=[N+]=[N-])[C@H](CO)OC(COC(C)=O)[C@H]1OC. The number of methoxy groups -OCH3 is 2. The fraction of sp³-hybridized carbons (Fsp3) is 0.909. The molecular formula is C11H19N3O6. The Kier molecular flexibility index (Phi) is 6.69. The van der Waals surface area contributed by atoms with Gasteiger partial charge in [0.25, 0.3) is 0 Å². The molecule has 0 radical (unpaired) electrons. The smallest absolute Gasteiger partial charge is 0.302 e. The number of aliphatic hydroxyl groups is 1. The highest BCUT2D eigenvalue weighted by Crippen LogP contribution is 2.27. The number of hydrogen-bond acceptors (Lipinski definition) is 7. The van der Waals surface area contributed by atoms with Gasteiger partial charge < -0.3 is 24.1 Å². The zero-order valence-electron chi connectivity index (χ0n) is 11.6. The summed E-state index contributed by atoms with van der Waals surface area (Å²) in [6.45, 7) is 0.897. The van der Waals surface area contributed by atoms with E-state index in [0.29, 0.717) is 0 Å². The number of aliphatic hydroxyl groups excluding tert-OH is 1. The molecule has 0 aromatic heterocycles. The predicted molar refractivity (Wildman–Crippen MR) is 66.9 cm³/mol. The standard InChI is InChI=1S/C11H19N3O6/c1-6(16)19-5-8-10(17-2)11(18-3)9(13-14-12)7(4-15)20-8/h7-11,15H,4-5H2,1-3H3/t7-,8?,9?,10+,11?/m0/s1. The number of carbonyl (C=O) groups is 1. The van der Waals surface area contributed by atoms with Crippen LogP contribution in [0.2, 0.25) is 0 Å². The monoisotopic (exact) mass is 289 g/mol. The minimum atomic E-state index is -0.747. The fourth-order valence-corrected chi connectivity index (χ4v) is 2.24. The van der Waals surface area contributed by atoms with Gasteiger partial charge in [-0.1, -0.05) is 5.11 Å². The first kappa shape index (κ1) is 16.7. The van der Waals surface area contributed by atoms with Crippen molar-refractivity contribution in [2.75, 3.05) is 27.4 Å². The van der Waals surface area contributed by atoms with Crippen LogP contribution in [0.1, 0.15) is 6.92 Å². The van der Waals surface area contributed by atoms with Crippen molar-refractivity contribution >= 4 is 5.97 Å². The topological polar surface area (TPSA) is 123 Å². The molecule has 1 heterocycles. The van der Waals surface area contributed by atoms with Crippen molar-refractivity contribution in [3.8, 4) is 0 Å². The lowest BCUT2D eigenvalue weighted by Gasteiger charge is -2.43. The number of esters is 1. The summed E-state index contributed by atoms with van der Waals surface area (Å²) in [6.07, 6.45) is -2.56. The highest BCUT2D eigenvalue weighted by Gasteiger charge is 2.46. The van der Waals surface area contributed by atoms with Crippen LogP contribution in [0.5, 0.6) is 0 Å². The van der Waals surface area contributed by atoms with Crippen molar-refractivity contribution in [1.82, 2.24) is 0 Å². The van der Waals surface area contributed by atoms with Gasteiger partial charge in [0.15, 0.2) is 0 Å². The molecule has 9 nitrogen and oxygen atoms in total. The van der Waals surface area contributed by atoms with Gasteiger partial charge in [-0.05, 0) is 5.53 Å². The maximum atomic E-state index is 10.9. The summed E-state index contributed by atoms with van der Waals surface area (Å²) in [7, 11) is 2.90. The lowest BCUT2D eigenvalue weighted by atomic mass is 9.93. The van der Waals surface area contributed by atoms with Crippen molar-refractivity contribution in [2.45, 2.75) is 37.4 Å². The maximum absolute atomic E-state index is 10.9. The minimum Gasteiger partial charge on any atom is -0.463 e. The molecule has 0 amide bonds. The maximum Gasteiger partial charge on any atom is 0.302 e. The van der Waals surface area contributed by atoms with Crippen molar-refractivity contribution in [1.29, 1.82) is 0 Å². The van der Waals surface area contributed by atoms with Gasteiger partial charge in [-0.3, -0.25) is 4.79 Å². The molecule has 1 fully saturated rings. The zero-order chi connectivity index (χ0) is 15.1. The number of nitrogens with zero attached hydrogens (tertiary/aromatic N) is 3. The molecular weight excluding hydrogens is 270 g/mol. The first-order valence-corrected chi connectivity index (χ1v) is 6.08. The molecule has 1 N–H and O–H groups in total. The summed E-state index contributed by atoms with van der Waals surface area (Å²) in [5.41, 5.74) is 8.60. The molecule has 0 saturated carbocycles. The number of ether oxygens (including phenoxy) is 4. The van der Waals surface area contributed by atoms with E-state index in [0.717, 1.165) is 0 Å². The van der Waals surface area contributed by atoms with Gasteiger partial charge in [-0.25, -0.2) is 0 Å². The van der Waals surface area contributed by atoms with Crippen LogP contribution in [0.25, 0.3) is 10.4 Å². The quantitative estimate of drug-likeness (QED) is 0.318. The molecule has 0 aliphatic carbocycles. The van der Waals surface area contributed by atoms with Crippen LogP contribution < -0.4 is 0 Å². The Morgan fingerprint density at radius 2 is 2.00 bits per heavy atom. The molecule has 1 rings (SSSR count). The Balaban J connectivity index is 2.93. The largest absolute Gasteiger partial charge is 0.463 e. The minimum absolute atomic E-state index is 0.0345. The highest BCUT2D eigenvalue weighted by molar-refractivity contribution is 5.65. The van der Waals surface area contributed by atoms with Gasteiger partial charge in [0.2, 0.25) is 0 Å². The van der Waals surface area contributed by atoms with E-state index < -0.39 is 36.4 Å². The fourth-order valence-electron chi connectivity index (χ4n) is 2.24. The van der Waals surface area contributed by atoms with Crippen LogP contribution >= 0.6 is 0 Å². The predicted octanol–water partition coefficient (Wildman–Crippen LogP) is 0.0181. The number of hydrogen-bond donors (Lipinski definition) is 1. The molecule has 1 aliphatic heterocycles. The molecule has 20 heavy (non-hydrogen) atoms. The van der Waals surface area contributed by atoms with Crippen molar-refractivity contribution in [2.24, 2.45) is 5.11 Å². The van der Waals surface area contributed by atoms with Gasteiger partial charge in [0.05, 0.1) is 24.9 Å². The van der Waals surface area contributed by atoms with Gasteiger partial charge >= 0.3 is 5.97 Å². The second kappa shape index (κ2) is 8.03. The van der Waals surface area contributed by atoms with Crippen molar-refractivity contribution in [3.63, 3.8) is 0 Å². The molecule has 1 saturated heterocycles. The lowest BCUT2D eigenvalue weighted by Crippen LogP contribution is -2.60. The molecule has 3 unspecified atom stereocenters. The third-order valence-corrected chi connectivity index (χ3v) is 3.12. The molecule has 0 spiro atoms. The first-order chi connectivity index (χ1) is 9.58. The molecule has 5 atom stereocenters. The molecule has 0 bridgehead atoms. The highest BCUT2D eigenvalue weighted by atomic mass is 16.6. The van der Waals surface area contributed by atoms with E-state index in [-0.39, 0.29) is 13.2 Å². The summed E-state index contributed by atoms with van der Waals surface area (Å²) in [4.78, 5) is 13.6. The summed E-state index contributed by atoms with van der Waals surface area (Å²) < 4.78 is 21.1. The Labute approximate surface area is 116 Å². The van der Waals surface area contributed by atoms with E-state index in [1.165, 1.54) is 21.1 Å². The van der Waals surface area contributed by atoms with Crippen LogP contribution in [-0.2, 0) is 23.7 Å². The summed E-state index contributed by atoms with van der Waals surface area (Å²) >= 11 is 0. The zero-order valence-corrected chi connectivity index (χ0v) is 11.6. The van der Waals surface area contributed by atoms with E-state index in [4.69, 9.17) is 24.5 Å². The number of rotatable bonds is 6. The average molecular weight is 289 g/mol. The van der Waals surface area contributed by atoms with Crippen LogP contribution in [0.15, 0.2) is 5.11 Å². The van der Waals surface area contributed by atoms with E-state index in [1.807, 2.05) is 0 Å². The molecule has 1 aliphatic rings. The number of azide groups is 1. The number of carbonyl (C=O) groups excluding carboxylic acids is 1. The van der Waals surface area contributed by atoms with Gasteiger partial charge in [-0.2, -0.15) is 0 Å². The summed E-state index contributed by atoms with van der Waals surface area (Å²) in [6, 6.07) is -0.728. The second-order valence-corrected chi connectivity index (χ2v) is 4.29. The Hall–Kier alpha value is -1.38.